The van der Waals surface area contributed by atoms with Crippen molar-refractivity contribution in [1.29, 1.82) is 0 Å². The molecule has 10 nitrogen and oxygen atoms in total. The average molecular weight is 801 g/mol. The van der Waals surface area contributed by atoms with Crippen LogP contribution in [0.5, 0.6) is 17.2 Å². The number of phenolic OH excluding ortho intramolecular Hbond substituents is 1. The smallest absolute Gasteiger partial charge is 0.416 e. The second-order valence-electron chi connectivity index (χ2n) is 15.4. The van der Waals surface area contributed by atoms with Crippen LogP contribution in [0, 0.1) is 5.82 Å². The van der Waals surface area contributed by atoms with E-state index in [9.17, 15) is 37.1 Å². The minimum absolute atomic E-state index is 0.0184. The van der Waals surface area contributed by atoms with E-state index in [1.54, 1.807) is 11.0 Å². The van der Waals surface area contributed by atoms with Crippen molar-refractivity contribution in [1.82, 2.24) is 15.1 Å². The lowest BCUT2D eigenvalue weighted by molar-refractivity contribution is -0.139. The Balaban J connectivity index is 0.804. The number of nitrogens with zero attached hydrogens (tertiary/aromatic N) is 3. The lowest BCUT2D eigenvalue weighted by Crippen LogP contribution is -2.52. The topological polar surface area (TPSA) is 112 Å². The van der Waals surface area contributed by atoms with Crippen LogP contribution in [0.25, 0.3) is 0 Å². The quantitative estimate of drug-likeness (QED) is 0.0950. The van der Waals surface area contributed by atoms with Crippen molar-refractivity contribution in [3.63, 3.8) is 0 Å². The van der Waals surface area contributed by atoms with E-state index in [1.807, 2.05) is 36.4 Å². The number of aromatic hydroxyl groups is 1. The summed E-state index contributed by atoms with van der Waals surface area (Å²) in [6.45, 7) is 5.31. The summed E-state index contributed by atoms with van der Waals surface area (Å²) < 4.78 is 68.2. The van der Waals surface area contributed by atoms with Gasteiger partial charge in [0.05, 0.1) is 18.8 Å². The number of piperidine rings is 1. The molecule has 14 heteroatoms. The number of hydrogen-bond acceptors (Lipinski definition) is 8. The molecule has 4 aliphatic heterocycles. The molecule has 4 aromatic carbocycles. The molecule has 304 valence electrons. The Labute approximate surface area is 333 Å². The molecule has 58 heavy (non-hydrogen) atoms. The van der Waals surface area contributed by atoms with E-state index in [0.717, 1.165) is 74.9 Å². The van der Waals surface area contributed by atoms with Gasteiger partial charge in [0, 0.05) is 73.9 Å². The Morgan fingerprint density at radius 2 is 1.64 bits per heavy atom. The molecule has 4 aromatic rings. The first-order valence-corrected chi connectivity index (χ1v) is 19.7. The number of anilines is 1. The summed E-state index contributed by atoms with van der Waals surface area (Å²) in [7, 11) is 0. The Morgan fingerprint density at radius 1 is 0.862 bits per heavy atom. The number of hydrogen-bond donors (Lipinski definition) is 2. The molecule has 3 atom stereocenters. The predicted octanol–water partition coefficient (Wildman–Crippen LogP) is 6.99. The van der Waals surface area contributed by atoms with Crippen molar-refractivity contribution >= 4 is 23.4 Å². The molecule has 8 rings (SSSR count). The van der Waals surface area contributed by atoms with Gasteiger partial charge in [-0.3, -0.25) is 24.6 Å². The van der Waals surface area contributed by atoms with Gasteiger partial charge in [0.1, 0.15) is 29.1 Å². The first kappa shape index (κ1) is 39.2. The lowest BCUT2D eigenvalue weighted by atomic mass is 9.74. The fraction of sp³-hybridized carbons (Fsp3) is 0.386. The highest BCUT2D eigenvalue weighted by molar-refractivity contribution is 6.05. The molecule has 0 bridgehead atoms. The molecule has 0 radical (unpaired) electrons. The number of halogens is 4. The van der Waals surface area contributed by atoms with E-state index < -0.39 is 41.3 Å². The van der Waals surface area contributed by atoms with Crippen LogP contribution in [-0.4, -0.2) is 84.6 Å². The van der Waals surface area contributed by atoms with E-state index in [-0.39, 0.29) is 36.2 Å². The monoisotopic (exact) mass is 800 g/mol. The maximum absolute atomic E-state index is 14.1. The molecule has 4 aliphatic rings. The van der Waals surface area contributed by atoms with Crippen LogP contribution in [0.3, 0.4) is 0 Å². The molecule has 0 aliphatic carbocycles. The summed E-state index contributed by atoms with van der Waals surface area (Å²) in [5.74, 6) is -2.16. The van der Waals surface area contributed by atoms with Crippen LogP contribution in [-0.2, 0) is 22.3 Å². The molecule has 0 spiro atoms. The number of carbonyl (C=O) groups excluding carboxylic acids is 3. The van der Waals surface area contributed by atoms with Gasteiger partial charge in [-0.1, -0.05) is 24.3 Å². The highest BCUT2D eigenvalue weighted by Crippen LogP contribution is 2.49. The summed E-state index contributed by atoms with van der Waals surface area (Å²) >= 11 is 0. The fourth-order valence-corrected chi connectivity index (χ4v) is 8.74. The molecule has 3 amide bonds. The van der Waals surface area contributed by atoms with E-state index in [0.29, 0.717) is 48.3 Å². The van der Waals surface area contributed by atoms with Gasteiger partial charge in [0.2, 0.25) is 11.8 Å². The number of imide groups is 1. The van der Waals surface area contributed by atoms with Crippen LogP contribution >= 0.6 is 0 Å². The van der Waals surface area contributed by atoms with Gasteiger partial charge in [-0.25, -0.2) is 4.39 Å². The highest BCUT2D eigenvalue weighted by Gasteiger charge is 2.42. The van der Waals surface area contributed by atoms with E-state index in [1.165, 1.54) is 18.2 Å². The summed E-state index contributed by atoms with van der Waals surface area (Å²) in [6.07, 6.45) is -1.34. The number of unbranched alkanes of at least 4 members (excludes halogenated alkanes) is 2. The zero-order chi connectivity index (χ0) is 40.6. The maximum atomic E-state index is 14.1. The van der Waals surface area contributed by atoms with Gasteiger partial charge < -0.3 is 24.4 Å². The van der Waals surface area contributed by atoms with Crippen molar-refractivity contribution in [3.05, 3.63) is 118 Å². The number of alkyl halides is 3. The second kappa shape index (κ2) is 16.3. The van der Waals surface area contributed by atoms with Gasteiger partial charge in [-0.05, 0) is 97.4 Å². The van der Waals surface area contributed by atoms with Crippen molar-refractivity contribution < 1.29 is 46.5 Å². The van der Waals surface area contributed by atoms with Crippen molar-refractivity contribution in [2.75, 3.05) is 50.8 Å². The molecular weight excluding hydrogens is 756 g/mol. The van der Waals surface area contributed by atoms with E-state index in [4.69, 9.17) is 9.47 Å². The number of fused-ring (bicyclic) bond motifs is 2. The number of benzene rings is 4. The van der Waals surface area contributed by atoms with Crippen LogP contribution in [0.2, 0.25) is 0 Å². The van der Waals surface area contributed by atoms with Gasteiger partial charge in [0.25, 0.3) is 5.91 Å². The Morgan fingerprint density at radius 3 is 2.40 bits per heavy atom. The fourth-order valence-electron chi connectivity index (χ4n) is 8.74. The highest BCUT2D eigenvalue weighted by atomic mass is 19.4. The summed E-state index contributed by atoms with van der Waals surface area (Å²) in [5, 5.41) is 12.4. The third-order valence-corrected chi connectivity index (χ3v) is 11.7. The molecule has 2 fully saturated rings. The molecule has 0 saturated carbocycles. The summed E-state index contributed by atoms with van der Waals surface area (Å²) in [6, 6.07) is 19.9. The molecule has 2 saturated heterocycles. The molecule has 1 unspecified atom stereocenters. The number of ether oxygens (including phenoxy) is 2. The minimum Gasteiger partial charge on any atom is -0.508 e. The maximum Gasteiger partial charge on any atom is 0.416 e. The lowest BCUT2D eigenvalue weighted by Gasteiger charge is -2.36. The summed E-state index contributed by atoms with van der Waals surface area (Å²) in [4.78, 5) is 43.4. The van der Waals surface area contributed by atoms with E-state index in [2.05, 4.69) is 21.2 Å². The number of nitrogens with one attached hydrogen (secondary N) is 1. The predicted molar refractivity (Wildman–Crippen MR) is 207 cm³/mol. The second-order valence-corrected chi connectivity index (χ2v) is 15.4. The molecule has 2 N–H and O–H groups in total. The normalized spacial score (nSPS) is 21.0. The zero-order valence-corrected chi connectivity index (χ0v) is 31.8. The number of piperazine rings is 1. The first-order chi connectivity index (χ1) is 27.9. The largest absolute Gasteiger partial charge is 0.508 e. The van der Waals surface area contributed by atoms with Crippen LogP contribution in [0.1, 0.15) is 82.1 Å². The van der Waals surface area contributed by atoms with Gasteiger partial charge in [-0.15, -0.1) is 0 Å². The molecular formula is C44H44F4N4O6. The van der Waals surface area contributed by atoms with Crippen molar-refractivity contribution in [2.24, 2.45) is 0 Å². The third kappa shape index (κ3) is 8.20. The van der Waals surface area contributed by atoms with Crippen molar-refractivity contribution in [2.45, 2.75) is 62.7 Å². The average Bonchev–Trinajstić information content (AvgIpc) is 3.53. The third-order valence-electron chi connectivity index (χ3n) is 11.7. The number of amides is 3. The first-order valence-electron chi connectivity index (χ1n) is 19.7. The van der Waals surface area contributed by atoms with Crippen LogP contribution < -0.4 is 19.7 Å². The van der Waals surface area contributed by atoms with Gasteiger partial charge >= 0.3 is 6.18 Å². The number of phenols is 1. The van der Waals surface area contributed by atoms with Gasteiger partial charge in [-0.2, -0.15) is 13.2 Å². The SMILES string of the molecule is O=C1CCC(N2Cc3cc(N4CCN(CCCCCOc5ccc([C@@H]6c7ccc(O)cc7OC[C@@H]6c6ccc(F)cc6C(F)(F)F)cc5)CC4)ccc3C2=O)C(=O)N1. The Kier molecular flexibility index (Phi) is 11.0. The number of carbonyl (C=O) groups is 3. The van der Waals surface area contributed by atoms with Crippen LogP contribution in [0.4, 0.5) is 23.2 Å². The Hall–Kier alpha value is -5.63. The van der Waals surface area contributed by atoms with Gasteiger partial charge in [0.15, 0.2) is 0 Å². The Bertz CT molecular complexity index is 2190. The standard InChI is InChI=1S/C44H44F4N4O6/c45-29-6-11-34(37(23-29)44(46,47)48)36-26-58-39-24-31(53)8-13-35(39)41(36)27-4-9-32(10-5-27)57-21-3-1-2-16-50-17-19-51(20-18-50)30-7-12-33-28(22-30)25-52(43(33)56)38-14-15-40(54)49-42(38)55/h4-13,22-24,36,38,41,53H,1-3,14-21,25-26H2,(H,49,54,55)/t36-,38?,41-/m1/s1. The number of rotatable bonds is 11. The minimum atomic E-state index is -4.76. The molecule has 4 heterocycles. The summed E-state index contributed by atoms with van der Waals surface area (Å²) in [5.41, 5.74) is 2.85. The van der Waals surface area contributed by atoms with Crippen molar-refractivity contribution in [3.8, 4) is 17.2 Å². The van der Waals surface area contributed by atoms with Crippen LogP contribution in [0.15, 0.2) is 78.9 Å². The zero-order valence-electron chi connectivity index (χ0n) is 31.8. The van der Waals surface area contributed by atoms with E-state index >= 15 is 0 Å². The molecule has 0 aromatic heterocycles.